The van der Waals surface area contributed by atoms with Crippen molar-refractivity contribution in [3.63, 3.8) is 0 Å². The molecule has 0 saturated heterocycles. The van der Waals surface area contributed by atoms with Gasteiger partial charge in [-0.15, -0.1) is 0 Å². The minimum absolute atomic E-state index is 0.867. The van der Waals surface area contributed by atoms with E-state index in [0.717, 1.165) is 77.5 Å². The Balaban J connectivity index is 1.21. The van der Waals surface area contributed by atoms with Crippen LogP contribution in [-0.4, -0.2) is 0 Å². The van der Waals surface area contributed by atoms with Gasteiger partial charge < -0.3 is 14.2 Å². The first-order chi connectivity index (χ1) is 19.3. The number of hydrogen-bond acceptors (Lipinski definition) is 3. The lowest BCUT2D eigenvalue weighted by Gasteiger charge is -2.14. The molecule has 0 spiro atoms. The molecule has 6 aromatic carbocycles. The molecule has 1 N–H and O–H groups in total. The van der Waals surface area contributed by atoms with Crippen LogP contribution in [0.5, 0.6) is 0 Å². The molecule has 0 aliphatic rings. The van der Waals surface area contributed by atoms with Gasteiger partial charge in [-0.1, -0.05) is 97.1 Å². The van der Waals surface area contributed by atoms with Crippen LogP contribution in [0.25, 0.3) is 66.1 Å². The zero-order valence-electron chi connectivity index (χ0n) is 21.0. The monoisotopic (exact) mass is 501 g/mol. The summed E-state index contributed by atoms with van der Waals surface area (Å²) in [6.07, 6.45) is 0. The molecule has 2 aromatic heterocycles. The van der Waals surface area contributed by atoms with Gasteiger partial charge in [0.2, 0.25) is 0 Å². The minimum Gasteiger partial charge on any atom is -0.456 e. The number of anilines is 2. The maximum Gasteiger partial charge on any atom is 0.143 e. The van der Waals surface area contributed by atoms with E-state index < -0.39 is 0 Å². The summed E-state index contributed by atoms with van der Waals surface area (Å²) in [5, 5.41) is 8.18. The van der Waals surface area contributed by atoms with E-state index in [1.165, 1.54) is 0 Å². The highest BCUT2D eigenvalue weighted by Crippen LogP contribution is 2.40. The van der Waals surface area contributed by atoms with E-state index in [4.69, 9.17) is 8.83 Å². The largest absolute Gasteiger partial charge is 0.456 e. The van der Waals surface area contributed by atoms with E-state index in [1.54, 1.807) is 0 Å². The average Bonchev–Trinajstić information content (AvgIpc) is 3.55. The third-order valence-corrected chi connectivity index (χ3v) is 7.48. The van der Waals surface area contributed by atoms with Crippen molar-refractivity contribution in [1.82, 2.24) is 0 Å². The Bertz CT molecular complexity index is 2130. The second-order valence-electron chi connectivity index (χ2n) is 9.84. The summed E-state index contributed by atoms with van der Waals surface area (Å²) in [7, 11) is 0. The number of rotatable bonds is 4. The normalized spacial score (nSPS) is 11.6. The molecule has 3 nitrogen and oxygen atoms in total. The molecule has 184 valence electrons. The number of hydrogen-bond donors (Lipinski definition) is 1. The molecule has 0 amide bonds. The van der Waals surface area contributed by atoms with Gasteiger partial charge in [0.25, 0.3) is 0 Å². The zero-order valence-corrected chi connectivity index (χ0v) is 21.0. The lowest BCUT2D eigenvalue weighted by molar-refractivity contribution is 0.669. The SMILES string of the molecule is c1ccc(-c2cc3c(cc2Nc2ccc(-c4cccc5c4oc4ccccc45)cc2)oc2ccccc23)cc1. The summed E-state index contributed by atoms with van der Waals surface area (Å²) in [5.74, 6) is 0. The molecule has 8 rings (SSSR count). The van der Waals surface area contributed by atoms with Crippen molar-refractivity contribution in [3.05, 3.63) is 133 Å². The quantitative estimate of drug-likeness (QED) is 0.261. The molecule has 3 heteroatoms. The van der Waals surface area contributed by atoms with Gasteiger partial charge in [-0.05, 0) is 41.5 Å². The highest BCUT2D eigenvalue weighted by Gasteiger charge is 2.15. The van der Waals surface area contributed by atoms with E-state index in [2.05, 4.69) is 108 Å². The molecular weight excluding hydrogens is 478 g/mol. The molecular formula is C36H23NO2. The van der Waals surface area contributed by atoms with Crippen LogP contribution in [0.1, 0.15) is 0 Å². The summed E-state index contributed by atoms with van der Waals surface area (Å²) in [4.78, 5) is 0. The van der Waals surface area contributed by atoms with Crippen LogP contribution in [0.3, 0.4) is 0 Å². The molecule has 8 aromatic rings. The highest BCUT2D eigenvalue weighted by atomic mass is 16.3. The van der Waals surface area contributed by atoms with Crippen molar-refractivity contribution < 1.29 is 8.83 Å². The maximum absolute atomic E-state index is 6.27. The summed E-state index contributed by atoms with van der Waals surface area (Å²) in [5.41, 5.74) is 10.1. The Hall–Kier alpha value is -5.28. The Kier molecular flexibility index (Phi) is 4.82. The van der Waals surface area contributed by atoms with E-state index >= 15 is 0 Å². The lowest BCUT2D eigenvalue weighted by atomic mass is 10.00. The summed E-state index contributed by atoms with van der Waals surface area (Å²) in [6, 6.07) is 46.1. The van der Waals surface area contributed by atoms with Crippen LogP contribution in [0, 0.1) is 0 Å². The molecule has 0 aliphatic carbocycles. The number of furan rings is 2. The van der Waals surface area contributed by atoms with Gasteiger partial charge in [0.05, 0.1) is 5.69 Å². The van der Waals surface area contributed by atoms with Crippen molar-refractivity contribution in [2.24, 2.45) is 0 Å². The predicted molar refractivity (Wildman–Crippen MR) is 162 cm³/mol. The molecule has 0 unspecified atom stereocenters. The van der Waals surface area contributed by atoms with Crippen LogP contribution in [0.15, 0.2) is 142 Å². The third kappa shape index (κ3) is 3.59. The zero-order chi connectivity index (χ0) is 25.8. The average molecular weight is 502 g/mol. The van der Waals surface area contributed by atoms with Gasteiger partial charge in [0, 0.05) is 44.4 Å². The third-order valence-electron chi connectivity index (χ3n) is 7.48. The fourth-order valence-electron chi connectivity index (χ4n) is 5.59. The molecule has 0 aliphatic heterocycles. The smallest absolute Gasteiger partial charge is 0.143 e. The van der Waals surface area contributed by atoms with Crippen molar-refractivity contribution in [2.45, 2.75) is 0 Å². The van der Waals surface area contributed by atoms with Gasteiger partial charge in [-0.25, -0.2) is 0 Å². The first kappa shape index (κ1) is 21.8. The fourth-order valence-corrected chi connectivity index (χ4v) is 5.59. The summed E-state index contributed by atoms with van der Waals surface area (Å²) in [6.45, 7) is 0. The van der Waals surface area contributed by atoms with Gasteiger partial charge >= 0.3 is 0 Å². The molecule has 0 atom stereocenters. The standard InChI is InChI=1S/C36H23NO2/c1-2-9-23(10-3-1)30-21-31-28-12-5-6-15-33(28)38-35(31)22-32(30)37-25-19-17-24(18-20-25)26-13-8-14-29-27-11-4-7-16-34(27)39-36(26)29/h1-22,37H. The van der Waals surface area contributed by atoms with Crippen LogP contribution in [0.4, 0.5) is 11.4 Å². The van der Waals surface area contributed by atoms with Crippen molar-refractivity contribution in [1.29, 1.82) is 0 Å². The van der Waals surface area contributed by atoms with Crippen LogP contribution in [0.2, 0.25) is 0 Å². The van der Waals surface area contributed by atoms with E-state index in [-0.39, 0.29) is 0 Å². The van der Waals surface area contributed by atoms with Crippen molar-refractivity contribution >= 4 is 55.3 Å². The molecule has 0 fully saturated rings. The van der Waals surface area contributed by atoms with E-state index in [1.807, 2.05) is 30.3 Å². The van der Waals surface area contributed by atoms with Crippen LogP contribution >= 0.6 is 0 Å². The molecule has 39 heavy (non-hydrogen) atoms. The van der Waals surface area contributed by atoms with Gasteiger partial charge in [0.1, 0.15) is 22.3 Å². The number of nitrogens with one attached hydrogen (secondary N) is 1. The van der Waals surface area contributed by atoms with Crippen LogP contribution < -0.4 is 5.32 Å². The Labute approximate surface area is 224 Å². The first-order valence-electron chi connectivity index (χ1n) is 13.1. The number of benzene rings is 6. The highest BCUT2D eigenvalue weighted by molar-refractivity contribution is 6.10. The number of para-hydroxylation sites is 3. The second kappa shape index (κ2) is 8.64. The molecule has 0 saturated carbocycles. The first-order valence-corrected chi connectivity index (χ1v) is 13.1. The second-order valence-corrected chi connectivity index (χ2v) is 9.84. The Morgan fingerprint density at radius 3 is 1.85 bits per heavy atom. The van der Waals surface area contributed by atoms with E-state index in [9.17, 15) is 0 Å². The van der Waals surface area contributed by atoms with Gasteiger partial charge in [-0.3, -0.25) is 0 Å². The van der Waals surface area contributed by atoms with Gasteiger partial charge in [-0.2, -0.15) is 0 Å². The Morgan fingerprint density at radius 2 is 1.05 bits per heavy atom. The minimum atomic E-state index is 0.867. The Morgan fingerprint density at radius 1 is 0.410 bits per heavy atom. The van der Waals surface area contributed by atoms with E-state index in [0.29, 0.717) is 0 Å². The number of fused-ring (bicyclic) bond motifs is 6. The predicted octanol–water partition coefficient (Wildman–Crippen LogP) is 10.6. The van der Waals surface area contributed by atoms with Crippen LogP contribution in [-0.2, 0) is 0 Å². The van der Waals surface area contributed by atoms with Crippen molar-refractivity contribution in [2.75, 3.05) is 5.32 Å². The molecule has 0 bridgehead atoms. The fraction of sp³-hybridized carbons (Fsp3) is 0. The topological polar surface area (TPSA) is 38.3 Å². The maximum atomic E-state index is 6.27. The molecule has 0 radical (unpaired) electrons. The summed E-state index contributed by atoms with van der Waals surface area (Å²) >= 11 is 0. The molecule has 2 heterocycles. The van der Waals surface area contributed by atoms with Crippen molar-refractivity contribution in [3.8, 4) is 22.3 Å². The lowest BCUT2D eigenvalue weighted by Crippen LogP contribution is -1.94. The van der Waals surface area contributed by atoms with Gasteiger partial charge in [0.15, 0.2) is 0 Å². The summed E-state index contributed by atoms with van der Waals surface area (Å²) < 4.78 is 12.5.